The highest BCUT2D eigenvalue weighted by Crippen LogP contribution is 2.29. The lowest BCUT2D eigenvalue weighted by Gasteiger charge is -2.35. The Morgan fingerprint density at radius 3 is 2.04 bits per heavy atom. The zero-order chi connectivity index (χ0) is 33.2. The van der Waals surface area contributed by atoms with Crippen LogP contribution in [0, 0.1) is 6.92 Å². The van der Waals surface area contributed by atoms with Crippen LogP contribution in [0.1, 0.15) is 61.3 Å². The predicted molar refractivity (Wildman–Crippen MR) is 187 cm³/mol. The molecule has 47 heavy (non-hydrogen) atoms. The number of nitrogens with one attached hydrogen (secondary N) is 1. The molecule has 1 unspecified atom stereocenters. The van der Waals surface area contributed by atoms with Gasteiger partial charge < -0.3 is 10.2 Å². The van der Waals surface area contributed by atoms with E-state index in [4.69, 9.17) is 0 Å². The van der Waals surface area contributed by atoms with E-state index in [9.17, 15) is 18.0 Å². The van der Waals surface area contributed by atoms with Crippen molar-refractivity contribution in [3.05, 3.63) is 131 Å². The minimum absolute atomic E-state index is 0.0522. The van der Waals surface area contributed by atoms with Crippen molar-refractivity contribution in [2.24, 2.45) is 0 Å². The molecule has 0 spiro atoms. The second-order valence-electron chi connectivity index (χ2n) is 12.3. The topological polar surface area (TPSA) is 86.8 Å². The quantitative estimate of drug-likeness (QED) is 0.172. The summed E-state index contributed by atoms with van der Waals surface area (Å²) in [5.74, 6) is -0.660. The van der Waals surface area contributed by atoms with E-state index in [1.54, 1.807) is 47.4 Å². The van der Waals surface area contributed by atoms with Crippen LogP contribution in [0.4, 0.5) is 5.69 Å². The summed E-state index contributed by atoms with van der Waals surface area (Å²) in [7, 11) is -4.14. The van der Waals surface area contributed by atoms with Crippen LogP contribution in [0.25, 0.3) is 0 Å². The van der Waals surface area contributed by atoms with E-state index < -0.39 is 28.5 Å². The lowest BCUT2D eigenvalue weighted by Crippen LogP contribution is -2.55. The van der Waals surface area contributed by atoms with E-state index >= 15 is 0 Å². The first kappa shape index (κ1) is 33.9. The number of benzene rings is 4. The molecule has 0 saturated heterocycles. The summed E-state index contributed by atoms with van der Waals surface area (Å²) in [6.45, 7) is 3.65. The lowest BCUT2D eigenvalue weighted by atomic mass is 9.94. The highest BCUT2D eigenvalue weighted by Gasteiger charge is 2.36. The van der Waals surface area contributed by atoms with Crippen molar-refractivity contribution < 1.29 is 18.0 Å². The zero-order valence-electron chi connectivity index (χ0n) is 27.3. The molecule has 1 atom stereocenters. The molecular formula is C39H45N3O4S. The first-order valence-corrected chi connectivity index (χ1v) is 18.1. The van der Waals surface area contributed by atoms with Gasteiger partial charge >= 0.3 is 0 Å². The Labute approximate surface area is 279 Å². The van der Waals surface area contributed by atoms with E-state index in [0.717, 1.165) is 54.4 Å². The van der Waals surface area contributed by atoms with Crippen molar-refractivity contribution in [3.63, 3.8) is 0 Å². The number of hydrogen-bond acceptors (Lipinski definition) is 4. The standard InChI is InChI=1S/C39H45N3O4S/c1-3-32-20-15-16-26-36(32)42(47(45,46)35-24-11-6-12-25-35)29-38(43)41(28-33-21-14-13-17-30(33)2)37(27-31-18-7-4-8-19-31)39(44)40-34-22-9-5-10-23-34/h4,6-8,11-21,24-26,34,37H,3,5,9-10,22-23,27-29H2,1-2H3,(H,40,44). The fraction of sp³-hybridized carbons (Fsp3) is 0.333. The Morgan fingerprint density at radius 1 is 0.787 bits per heavy atom. The largest absolute Gasteiger partial charge is 0.352 e. The van der Waals surface area contributed by atoms with Gasteiger partial charge in [-0.25, -0.2) is 8.42 Å². The van der Waals surface area contributed by atoms with Crippen molar-refractivity contribution in [3.8, 4) is 0 Å². The number of carbonyl (C=O) groups excluding carboxylic acids is 2. The Morgan fingerprint density at radius 2 is 1.38 bits per heavy atom. The van der Waals surface area contributed by atoms with Gasteiger partial charge in [-0.1, -0.05) is 117 Å². The van der Waals surface area contributed by atoms with Crippen molar-refractivity contribution in [2.75, 3.05) is 10.8 Å². The molecule has 1 aliphatic rings. The smallest absolute Gasteiger partial charge is 0.264 e. The SMILES string of the molecule is CCc1ccccc1N(CC(=O)N(Cc1ccccc1C)C(Cc1ccccc1)C(=O)NC1CCCCC1)S(=O)(=O)c1ccccc1. The van der Waals surface area contributed by atoms with Crippen LogP contribution in [0.5, 0.6) is 0 Å². The fourth-order valence-corrected chi connectivity index (χ4v) is 7.83. The lowest BCUT2D eigenvalue weighted by molar-refractivity contribution is -0.140. The van der Waals surface area contributed by atoms with E-state index in [1.807, 2.05) is 80.6 Å². The number of rotatable bonds is 13. The molecule has 0 radical (unpaired) electrons. The van der Waals surface area contributed by atoms with Crippen LogP contribution in [0.3, 0.4) is 0 Å². The van der Waals surface area contributed by atoms with Gasteiger partial charge in [0.1, 0.15) is 12.6 Å². The number of hydrogen-bond donors (Lipinski definition) is 1. The van der Waals surface area contributed by atoms with Crippen molar-refractivity contribution in [2.45, 2.75) is 82.3 Å². The molecule has 1 fully saturated rings. The molecule has 0 aromatic heterocycles. The van der Waals surface area contributed by atoms with Crippen molar-refractivity contribution in [1.29, 1.82) is 0 Å². The van der Waals surface area contributed by atoms with E-state index in [0.29, 0.717) is 18.5 Å². The number of amides is 2. The minimum atomic E-state index is -4.14. The normalized spacial score (nSPS) is 14.3. The summed E-state index contributed by atoms with van der Waals surface area (Å²) in [6, 6.07) is 32.2. The van der Waals surface area contributed by atoms with Gasteiger partial charge in [0, 0.05) is 19.0 Å². The van der Waals surface area contributed by atoms with Gasteiger partial charge in [0.05, 0.1) is 10.6 Å². The number of aryl methyl sites for hydroxylation is 2. The van der Waals surface area contributed by atoms with Crippen LogP contribution >= 0.6 is 0 Å². The summed E-state index contributed by atoms with van der Waals surface area (Å²) < 4.78 is 29.8. The molecule has 0 heterocycles. The second kappa shape index (κ2) is 15.9. The summed E-state index contributed by atoms with van der Waals surface area (Å²) in [6.07, 6.45) is 5.97. The maximum Gasteiger partial charge on any atom is 0.264 e. The van der Waals surface area contributed by atoms with Gasteiger partial charge in [-0.2, -0.15) is 0 Å². The third-order valence-electron chi connectivity index (χ3n) is 9.08. The summed E-state index contributed by atoms with van der Waals surface area (Å²) in [4.78, 5) is 30.8. The van der Waals surface area contributed by atoms with Gasteiger partial charge in [-0.15, -0.1) is 0 Å². The third-order valence-corrected chi connectivity index (χ3v) is 10.8. The molecule has 0 bridgehead atoms. The van der Waals surface area contributed by atoms with Crippen LogP contribution < -0.4 is 9.62 Å². The summed E-state index contributed by atoms with van der Waals surface area (Å²) in [5, 5.41) is 3.27. The number of anilines is 1. The van der Waals surface area contributed by atoms with Gasteiger partial charge in [-0.3, -0.25) is 13.9 Å². The Kier molecular flexibility index (Phi) is 11.5. The molecule has 5 rings (SSSR count). The second-order valence-corrected chi connectivity index (χ2v) is 14.2. The number of carbonyl (C=O) groups is 2. The monoisotopic (exact) mass is 651 g/mol. The molecule has 1 saturated carbocycles. The maximum atomic E-state index is 14.8. The molecule has 8 heteroatoms. The van der Waals surface area contributed by atoms with Gasteiger partial charge in [0.15, 0.2) is 0 Å². The van der Waals surface area contributed by atoms with Crippen LogP contribution in [-0.2, 0) is 39.0 Å². The molecule has 246 valence electrons. The highest BCUT2D eigenvalue weighted by molar-refractivity contribution is 7.92. The van der Waals surface area contributed by atoms with E-state index in [2.05, 4.69) is 5.32 Å². The van der Waals surface area contributed by atoms with Gasteiger partial charge in [0.2, 0.25) is 11.8 Å². The van der Waals surface area contributed by atoms with Crippen molar-refractivity contribution in [1.82, 2.24) is 10.2 Å². The van der Waals surface area contributed by atoms with E-state index in [-0.39, 0.29) is 23.4 Å². The Balaban J connectivity index is 1.58. The van der Waals surface area contributed by atoms with Crippen LogP contribution in [-0.4, -0.2) is 43.8 Å². The molecule has 1 aliphatic carbocycles. The Bertz CT molecular complexity index is 1740. The number of sulfonamides is 1. The van der Waals surface area contributed by atoms with Gasteiger partial charge in [-0.05, 0) is 66.6 Å². The minimum Gasteiger partial charge on any atom is -0.352 e. The zero-order valence-corrected chi connectivity index (χ0v) is 28.2. The maximum absolute atomic E-state index is 14.8. The molecule has 4 aromatic carbocycles. The Hall–Kier alpha value is -4.43. The highest BCUT2D eigenvalue weighted by atomic mass is 32.2. The molecule has 2 amide bonds. The third kappa shape index (κ3) is 8.49. The molecule has 0 aliphatic heterocycles. The number of para-hydroxylation sites is 1. The van der Waals surface area contributed by atoms with Gasteiger partial charge in [0.25, 0.3) is 10.0 Å². The number of nitrogens with zero attached hydrogens (tertiary/aromatic N) is 2. The predicted octanol–water partition coefficient (Wildman–Crippen LogP) is 6.84. The van der Waals surface area contributed by atoms with Crippen LogP contribution in [0.15, 0.2) is 114 Å². The average Bonchev–Trinajstić information content (AvgIpc) is 3.10. The molecular weight excluding hydrogens is 607 g/mol. The van der Waals surface area contributed by atoms with E-state index in [1.165, 1.54) is 4.31 Å². The first-order chi connectivity index (χ1) is 22.8. The summed E-state index contributed by atoms with van der Waals surface area (Å²) in [5.41, 5.74) is 4.07. The first-order valence-electron chi connectivity index (χ1n) is 16.6. The molecule has 7 nitrogen and oxygen atoms in total. The summed E-state index contributed by atoms with van der Waals surface area (Å²) >= 11 is 0. The van der Waals surface area contributed by atoms with Crippen LogP contribution in [0.2, 0.25) is 0 Å². The fourth-order valence-electron chi connectivity index (χ4n) is 6.36. The average molecular weight is 652 g/mol. The molecule has 1 N–H and O–H groups in total. The van der Waals surface area contributed by atoms with Crippen molar-refractivity contribution >= 4 is 27.5 Å². The molecule has 4 aromatic rings.